The number of nitrogens with one attached hydrogen (secondary N) is 3. The Hall–Kier alpha value is -4.85. The lowest BCUT2D eigenvalue weighted by Gasteiger charge is -2.30. The molecule has 6 unspecified atom stereocenters. The quantitative estimate of drug-likeness (QED) is 0.114. The molecule has 0 radical (unpaired) electrons. The maximum absolute atomic E-state index is 14.1. The summed E-state index contributed by atoms with van der Waals surface area (Å²) < 4.78 is 89.1. The fourth-order valence-corrected chi connectivity index (χ4v) is 9.55. The van der Waals surface area contributed by atoms with Crippen molar-refractivity contribution in [3.05, 3.63) is 36.5 Å². The van der Waals surface area contributed by atoms with Gasteiger partial charge in [0, 0.05) is 42.7 Å². The van der Waals surface area contributed by atoms with Gasteiger partial charge >= 0.3 is 12.3 Å². The zero-order valence-corrected chi connectivity index (χ0v) is 38.1. The molecule has 2 aliphatic carbocycles. The number of pyridine rings is 1. The van der Waals surface area contributed by atoms with Crippen LogP contribution in [-0.2, 0) is 33.9 Å². The van der Waals surface area contributed by atoms with Gasteiger partial charge in [0.25, 0.3) is 5.91 Å². The third-order valence-corrected chi connectivity index (χ3v) is 15.2. The van der Waals surface area contributed by atoms with Crippen molar-refractivity contribution in [1.29, 1.82) is 0 Å². The van der Waals surface area contributed by atoms with Crippen LogP contribution >= 0.6 is 0 Å². The second kappa shape index (κ2) is 19.3. The number of benzene rings is 1. The summed E-state index contributed by atoms with van der Waals surface area (Å²) >= 11 is 0. The Labute approximate surface area is 372 Å². The Morgan fingerprint density at radius 3 is 2.48 bits per heavy atom. The van der Waals surface area contributed by atoms with E-state index in [1.54, 1.807) is 32.4 Å². The Balaban J connectivity index is 1.09. The summed E-state index contributed by atoms with van der Waals surface area (Å²) in [6, 6.07) is 4.54. The van der Waals surface area contributed by atoms with E-state index in [2.05, 4.69) is 30.0 Å². The number of likely N-dealkylation sites (tertiary alicyclic amines) is 1. The number of morpholine rings is 1. The molecule has 2 aliphatic heterocycles. The summed E-state index contributed by atoms with van der Waals surface area (Å²) in [5.41, 5.74) is -3.32. The van der Waals surface area contributed by atoms with Crippen LogP contribution in [0.2, 0.25) is 0 Å². The van der Waals surface area contributed by atoms with E-state index in [0.717, 1.165) is 30.3 Å². The van der Waals surface area contributed by atoms with Crippen LogP contribution in [-0.4, -0.2) is 123 Å². The first-order chi connectivity index (χ1) is 30.2. The number of allylic oxidation sites excluding steroid dienone is 1. The Morgan fingerprint density at radius 2 is 1.84 bits per heavy atom. The second-order valence-electron chi connectivity index (χ2n) is 18.3. The predicted molar refractivity (Wildman–Crippen MR) is 231 cm³/mol. The SMILES string of the molecule is CCC(CNC(=O)OC(C)(C)C(F)(F)F)CC(C)CCC=CC1CC1(NC(=O)C1CC(Oc2ncc(N3CCOCC3)c3cc(OC)ccc23)CN1C=O)C(=O)NS(=O)(=O)C1(C)CC1. The highest BCUT2D eigenvalue weighted by molar-refractivity contribution is 7.91. The van der Waals surface area contributed by atoms with E-state index in [1.807, 2.05) is 32.1 Å². The van der Waals surface area contributed by atoms with Crippen LogP contribution in [0.15, 0.2) is 36.5 Å². The minimum absolute atomic E-state index is 0.0158. The van der Waals surface area contributed by atoms with Gasteiger partial charge in [-0.1, -0.05) is 32.4 Å². The van der Waals surface area contributed by atoms with E-state index in [0.29, 0.717) is 82.9 Å². The molecule has 64 heavy (non-hydrogen) atoms. The maximum atomic E-state index is 14.1. The molecule has 2 saturated carbocycles. The standard InChI is InChI=1S/C44H61F3N6O10S/c1-7-29(24-49-40(57)63-41(3,4)44(45,46)47)20-28(2)10-8-9-11-30-23-43(30,39(56)51-64(58,59)42(5)14-15-42)50-37(55)35-22-32(26-53(35)27-54)62-38-33-13-12-31(60-6)21-34(33)36(25-48-38)52-16-18-61-19-17-52/h9,11-13,21,25,27-30,32,35H,7-8,10,14-20,22-24,26H2,1-6H3,(H,49,57)(H,50,55)(H,51,56). The number of methoxy groups -OCH3 is 1. The summed E-state index contributed by atoms with van der Waals surface area (Å²) in [5, 5.41) is 6.87. The van der Waals surface area contributed by atoms with E-state index in [4.69, 9.17) is 14.2 Å². The monoisotopic (exact) mass is 922 g/mol. The molecule has 354 valence electrons. The molecule has 3 heterocycles. The molecule has 6 atom stereocenters. The molecular formula is C44H61F3N6O10S. The van der Waals surface area contributed by atoms with Crippen molar-refractivity contribution in [2.24, 2.45) is 17.8 Å². The topological polar surface area (TPSA) is 195 Å². The molecule has 4 amide bonds. The molecule has 16 nitrogen and oxygen atoms in total. The number of hydrogen-bond acceptors (Lipinski definition) is 12. The number of hydrogen-bond donors (Lipinski definition) is 3. The van der Waals surface area contributed by atoms with Crippen molar-refractivity contribution >= 4 is 50.8 Å². The molecule has 2 aromatic rings. The van der Waals surface area contributed by atoms with Gasteiger partial charge in [-0.25, -0.2) is 18.2 Å². The van der Waals surface area contributed by atoms with Gasteiger partial charge in [-0.15, -0.1) is 0 Å². The minimum Gasteiger partial charge on any atom is -0.497 e. The van der Waals surface area contributed by atoms with E-state index < -0.39 is 68.1 Å². The normalized spacial score (nSPS) is 24.2. The van der Waals surface area contributed by atoms with Crippen molar-refractivity contribution in [2.75, 3.05) is 51.4 Å². The van der Waals surface area contributed by atoms with Crippen LogP contribution in [0.1, 0.15) is 86.0 Å². The number of nitrogens with zero attached hydrogens (tertiary/aromatic N) is 3. The summed E-state index contributed by atoms with van der Waals surface area (Å²) in [5.74, 6) is -0.898. The third-order valence-electron chi connectivity index (χ3n) is 13.1. The number of carbonyl (C=O) groups is 4. The number of alkyl carbamates (subject to hydrolysis) is 1. The van der Waals surface area contributed by atoms with Gasteiger partial charge in [-0.2, -0.15) is 13.2 Å². The number of rotatable bonds is 20. The minimum atomic E-state index is -4.71. The van der Waals surface area contributed by atoms with Gasteiger partial charge in [0.1, 0.15) is 23.4 Å². The number of anilines is 1. The average molecular weight is 923 g/mol. The van der Waals surface area contributed by atoms with Crippen molar-refractivity contribution in [2.45, 2.75) is 120 Å². The largest absolute Gasteiger partial charge is 0.497 e. The predicted octanol–water partition coefficient (Wildman–Crippen LogP) is 5.39. The highest BCUT2D eigenvalue weighted by atomic mass is 32.2. The number of halogens is 3. The Bertz CT molecular complexity index is 2180. The van der Waals surface area contributed by atoms with Gasteiger partial charge in [-0.05, 0) is 89.3 Å². The first-order valence-electron chi connectivity index (χ1n) is 21.9. The number of sulfonamides is 1. The third kappa shape index (κ3) is 11.0. The van der Waals surface area contributed by atoms with Gasteiger partial charge in [-0.3, -0.25) is 19.1 Å². The van der Waals surface area contributed by atoms with E-state index >= 15 is 0 Å². The van der Waals surface area contributed by atoms with Gasteiger partial charge in [0.2, 0.25) is 33.8 Å². The molecule has 2 saturated heterocycles. The van der Waals surface area contributed by atoms with E-state index in [-0.39, 0.29) is 37.8 Å². The number of amides is 4. The number of aromatic nitrogens is 1. The van der Waals surface area contributed by atoms with Crippen LogP contribution in [0.3, 0.4) is 0 Å². The highest BCUT2D eigenvalue weighted by Crippen LogP contribution is 2.48. The molecule has 3 N–H and O–H groups in total. The summed E-state index contributed by atoms with van der Waals surface area (Å²) in [4.78, 5) is 60.7. The lowest BCUT2D eigenvalue weighted by molar-refractivity contribution is -0.243. The van der Waals surface area contributed by atoms with Crippen LogP contribution < -0.4 is 29.7 Å². The van der Waals surface area contributed by atoms with Crippen LogP contribution in [0, 0.1) is 17.8 Å². The second-order valence-corrected chi connectivity index (χ2v) is 20.5. The van der Waals surface area contributed by atoms with Crippen LogP contribution in [0.4, 0.5) is 23.7 Å². The molecule has 1 aromatic carbocycles. The number of carbonyl (C=O) groups excluding carboxylic acids is 4. The first-order valence-corrected chi connectivity index (χ1v) is 23.4. The summed E-state index contributed by atoms with van der Waals surface area (Å²) in [7, 11) is -2.46. The zero-order valence-electron chi connectivity index (χ0n) is 37.3. The smallest absolute Gasteiger partial charge is 0.427 e. The molecule has 4 fully saturated rings. The van der Waals surface area contributed by atoms with Gasteiger partial charge in [0.15, 0.2) is 0 Å². The van der Waals surface area contributed by atoms with Crippen molar-refractivity contribution in [1.82, 2.24) is 25.2 Å². The zero-order chi connectivity index (χ0) is 46.7. The van der Waals surface area contributed by atoms with E-state index in [9.17, 15) is 40.8 Å². The molecule has 1 aromatic heterocycles. The van der Waals surface area contributed by atoms with E-state index in [1.165, 1.54) is 4.90 Å². The summed E-state index contributed by atoms with van der Waals surface area (Å²) in [6.45, 7) is 9.82. The van der Waals surface area contributed by atoms with Crippen molar-refractivity contribution in [3.8, 4) is 11.6 Å². The average Bonchev–Trinajstić information content (AvgIpc) is 4.13. The maximum Gasteiger partial charge on any atom is 0.427 e. The number of fused-ring (bicyclic) bond motifs is 1. The first kappa shape index (κ1) is 48.6. The molecule has 0 spiro atoms. The Morgan fingerprint density at radius 1 is 1.12 bits per heavy atom. The fourth-order valence-electron chi connectivity index (χ4n) is 8.24. The number of ether oxygens (including phenoxy) is 4. The molecule has 6 rings (SSSR count). The van der Waals surface area contributed by atoms with Crippen LogP contribution in [0.5, 0.6) is 11.6 Å². The molecule has 0 bridgehead atoms. The molecule has 20 heteroatoms. The highest BCUT2D eigenvalue weighted by Gasteiger charge is 2.63. The van der Waals surface area contributed by atoms with Crippen molar-refractivity contribution in [3.63, 3.8) is 0 Å². The van der Waals surface area contributed by atoms with Gasteiger partial charge < -0.3 is 39.4 Å². The summed E-state index contributed by atoms with van der Waals surface area (Å²) in [6.07, 6.45) is 3.12. The lowest BCUT2D eigenvalue weighted by Crippen LogP contribution is -2.56. The van der Waals surface area contributed by atoms with Gasteiger partial charge in [0.05, 0.1) is 43.5 Å². The molecular weight excluding hydrogens is 862 g/mol. The Kier molecular flexibility index (Phi) is 14.7. The number of alkyl halides is 3. The van der Waals surface area contributed by atoms with Crippen LogP contribution in [0.25, 0.3) is 10.8 Å². The molecule has 4 aliphatic rings. The lowest BCUT2D eigenvalue weighted by atomic mass is 9.90. The van der Waals surface area contributed by atoms with Crippen molar-refractivity contribution < 1.29 is 59.7 Å². The fraction of sp³-hybridized carbons (Fsp3) is 0.659.